The Bertz CT molecular complexity index is 521. The quantitative estimate of drug-likeness (QED) is 0.818. The minimum atomic E-state index is -3.71. The fraction of sp³-hybridized carbons (Fsp3) is 0.600. The molecule has 102 valence electrons. The molecular formula is C10H17N3O4S. The summed E-state index contributed by atoms with van der Waals surface area (Å²) in [6.07, 6.45) is 2.65. The van der Waals surface area contributed by atoms with Crippen LogP contribution in [-0.4, -0.2) is 46.9 Å². The summed E-state index contributed by atoms with van der Waals surface area (Å²) in [5.74, 6) is -1.04. The Labute approximate surface area is 106 Å². The van der Waals surface area contributed by atoms with Crippen LogP contribution >= 0.6 is 0 Å². The van der Waals surface area contributed by atoms with Gasteiger partial charge in [0.2, 0.25) is 0 Å². The molecule has 0 aliphatic heterocycles. The first-order valence-corrected chi connectivity index (χ1v) is 6.90. The summed E-state index contributed by atoms with van der Waals surface area (Å²) in [7, 11) is -2.37. The van der Waals surface area contributed by atoms with Gasteiger partial charge in [0, 0.05) is 25.8 Å². The lowest BCUT2D eigenvalue weighted by Gasteiger charge is -2.14. The van der Waals surface area contributed by atoms with Crippen LogP contribution in [0.1, 0.15) is 26.3 Å². The molecule has 8 heteroatoms. The van der Waals surface area contributed by atoms with Crippen molar-refractivity contribution in [3.8, 4) is 0 Å². The molecule has 1 N–H and O–H groups in total. The van der Waals surface area contributed by atoms with Gasteiger partial charge in [-0.2, -0.15) is 4.31 Å². The Morgan fingerprint density at radius 2 is 2.17 bits per heavy atom. The van der Waals surface area contributed by atoms with Gasteiger partial charge in [0.25, 0.3) is 10.0 Å². The first-order chi connectivity index (χ1) is 8.25. The number of sulfonamides is 1. The number of aromatic nitrogens is 2. The lowest BCUT2D eigenvalue weighted by Crippen LogP contribution is -2.29. The number of aliphatic carboxylic acids is 1. The van der Waals surface area contributed by atoms with E-state index in [4.69, 9.17) is 5.11 Å². The first-order valence-electron chi connectivity index (χ1n) is 5.46. The van der Waals surface area contributed by atoms with Gasteiger partial charge in [-0.15, -0.1) is 0 Å². The summed E-state index contributed by atoms with van der Waals surface area (Å²) in [6, 6.07) is 0.116. The third kappa shape index (κ3) is 3.30. The number of hydrogen-bond acceptors (Lipinski definition) is 4. The number of imidazole rings is 1. The predicted octanol–water partition coefficient (Wildman–Crippen LogP) is 0.559. The number of carboxylic acids is 1. The molecule has 1 heterocycles. The first kappa shape index (κ1) is 14.7. The highest BCUT2D eigenvalue weighted by Crippen LogP contribution is 2.14. The summed E-state index contributed by atoms with van der Waals surface area (Å²) < 4.78 is 26.7. The lowest BCUT2D eigenvalue weighted by molar-refractivity contribution is -0.137. The van der Waals surface area contributed by atoms with E-state index < -0.39 is 16.0 Å². The lowest BCUT2D eigenvalue weighted by atomic mass is 10.4. The average Bonchev–Trinajstić information content (AvgIpc) is 2.75. The van der Waals surface area contributed by atoms with E-state index in [1.54, 1.807) is 4.57 Å². The van der Waals surface area contributed by atoms with Crippen LogP contribution in [0.15, 0.2) is 17.6 Å². The van der Waals surface area contributed by atoms with Crippen molar-refractivity contribution in [2.24, 2.45) is 0 Å². The van der Waals surface area contributed by atoms with Crippen LogP contribution in [-0.2, 0) is 14.8 Å². The van der Waals surface area contributed by atoms with E-state index in [9.17, 15) is 13.2 Å². The number of carbonyl (C=O) groups is 1. The molecule has 0 aliphatic rings. The zero-order valence-corrected chi connectivity index (χ0v) is 11.4. The average molecular weight is 275 g/mol. The van der Waals surface area contributed by atoms with E-state index in [-0.39, 0.29) is 24.0 Å². The summed E-state index contributed by atoms with van der Waals surface area (Å²) >= 11 is 0. The van der Waals surface area contributed by atoms with Crippen molar-refractivity contribution in [2.75, 3.05) is 13.6 Å². The van der Waals surface area contributed by atoms with Crippen molar-refractivity contribution in [2.45, 2.75) is 31.3 Å². The van der Waals surface area contributed by atoms with E-state index in [2.05, 4.69) is 4.98 Å². The molecule has 0 radical (unpaired) electrons. The largest absolute Gasteiger partial charge is 0.481 e. The van der Waals surface area contributed by atoms with Crippen molar-refractivity contribution in [1.82, 2.24) is 13.9 Å². The van der Waals surface area contributed by atoms with E-state index in [0.29, 0.717) is 0 Å². The minimum absolute atomic E-state index is 0.0657. The van der Waals surface area contributed by atoms with Gasteiger partial charge in [0.1, 0.15) is 0 Å². The third-order valence-corrected chi connectivity index (χ3v) is 4.23. The van der Waals surface area contributed by atoms with E-state index in [1.807, 2.05) is 13.8 Å². The van der Waals surface area contributed by atoms with Gasteiger partial charge >= 0.3 is 5.97 Å². The maximum absolute atomic E-state index is 12.0. The smallest absolute Gasteiger partial charge is 0.304 e. The topological polar surface area (TPSA) is 92.5 Å². The van der Waals surface area contributed by atoms with Crippen LogP contribution in [0.2, 0.25) is 0 Å². The molecule has 0 aliphatic carbocycles. The maximum atomic E-state index is 12.0. The molecule has 1 aromatic rings. The SMILES string of the molecule is CC(C)n1cnc(S(=O)(=O)N(C)CCC(=O)O)c1. The summed E-state index contributed by atoms with van der Waals surface area (Å²) in [5.41, 5.74) is 0. The highest BCUT2D eigenvalue weighted by atomic mass is 32.2. The van der Waals surface area contributed by atoms with Crippen molar-refractivity contribution in [1.29, 1.82) is 0 Å². The molecule has 0 fully saturated rings. The molecular weight excluding hydrogens is 258 g/mol. The third-order valence-electron chi connectivity index (χ3n) is 2.49. The number of nitrogens with zero attached hydrogens (tertiary/aromatic N) is 3. The fourth-order valence-electron chi connectivity index (χ4n) is 1.27. The van der Waals surface area contributed by atoms with E-state index >= 15 is 0 Å². The highest BCUT2D eigenvalue weighted by Gasteiger charge is 2.24. The predicted molar refractivity (Wildman–Crippen MR) is 64.7 cm³/mol. The minimum Gasteiger partial charge on any atom is -0.481 e. The Hall–Kier alpha value is -1.41. The molecule has 0 aromatic carbocycles. The summed E-state index contributed by atoms with van der Waals surface area (Å²) in [4.78, 5) is 14.3. The van der Waals surface area contributed by atoms with Crippen LogP contribution in [0.3, 0.4) is 0 Å². The van der Waals surface area contributed by atoms with Crippen LogP contribution < -0.4 is 0 Å². The second kappa shape index (κ2) is 5.49. The van der Waals surface area contributed by atoms with Crippen LogP contribution in [0.4, 0.5) is 0 Å². The van der Waals surface area contributed by atoms with Gasteiger partial charge in [0.15, 0.2) is 5.03 Å². The standard InChI is InChI=1S/C10H17N3O4S/c1-8(2)13-6-9(11-7-13)18(16,17)12(3)5-4-10(14)15/h6-8H,4-5H2,1-3H3,(H,14,15). The van der Waals surface area contributed by atoms with Crippen molar-refractivity contribution in [3.05, 3.63) is 12.5 Å². The molecule has 0 saturated heterocycles. The summed E-state index contributed by atoms with van der Waals surface area (Å²) in [6.45, 7) is 3.74. The number of carboxylic acid groups (broad SMARTS) is 1. The Morgan fingerprint density at radius 1 is 1.56 bits per heavy atom. The van der Waals surface area contributed by atoms with Crippen molar-refractivity contribution < 1.29 is 18.3 Å². The molecule has 18 heavy (non-hydrogen) atoms. The Morgan fingerprint density at radius 3 is 2.61 bits per heavy atom. The zero-order valence-electron chi connectivity index (χ0n) is 10.6. The van der Waals surface area contributed by atoms with Crippen LogP contribution in [0.5, 0.6) is 0 Å². The number of hydrogen-bond donors (Lipinski definition) is 1. The molecule has 0 amide bonds. The monoisotopic (exact) mass is 275 g/mol. The van der Waals surface area contributed by atoms with Crippen LogP contribution in [0.25, 0.3) is 0 Å². The maximum Gasteiger partial charge on any atom is 0.304 e. The molecule has 0 atom stereocenters. The van der Waals surface area contributed by atoms with Gasteiger partial charge in [-0.1, -0.05) is 0 Å². The molecule has 0 bridgehead atoms. The van der Waals surface area contributed by atoms with Gasteiger partial charge in [-0.05, 0) is 13.8 Å². The van der Waals surface area contributed by atoms with E-state index in [1.165, 1.54) is 19.6 Å². The van der Waals surface area contributed by atoms with Gasteiger partial charge < -0.3 is 9.67 Å². The second-order valence-corrected chi connectivity index (χ2v) is 6.21. The molecule has 0 saturated carbocycles. The molecule has 7 nitrogen and oxygen atoms in total. The van der Waals surface area contributed by atoms with Crippen LogP contribution in [0, 0.1) is 0 Å². The van der Waals surface area contributed by atoms with Gasteiger partial charge in [0.05, 0.1) is 12.7 Å². The fourth-order valence-corrected chi connectivity index (χ4v) is 2.35. The zero-order chi connectivity index (χ0) is 13.9. The molecule has 0 spiro atoms. The van der Waals surface area contributed by atoms with E-state index in [0.717, 1.165) is 4.31 Å². The highest BCUT2D eigenvalue weighted by molar-refractivity contribution is 7.89. The second-order valence-electron chi connectivity index (χ2n) is 4.22. The van der Waals surface area contributed by atoms with Crippen molar-refractivity contribution in [3.63, 3.8) is 0 Å². The summed E-state index contributed by atoms with van der Waals surface area (Å²) in [5, 5.41) is 8.47. The van der Waals surface area contributed by atoms with Gasteiger partial charge in [-0.25, -0.2) is 13.4 Å². The molecule has 0 unspecified atom stereocenters. The number of rotatable bonds is 6. The van der Waals surface area contributed by atoms with Crippen molar-refractivity contribution >= 4 is 16.0 Å². The molecule has 1 rings (SSSR count). The Balaban J connectivity index is 2.87. The Kier molecular flexibility index (Phi) is 4.47. The van der Waals surface area contributed by atoms with Gasteiger partial charge in [-0.3, -0.25) is 4.79 Å². The normalized spacial score (nSPS) is 12.3. The molecule has 1 aromatic heterocycles.